The topological polar surface area (TPSA) is 29.5 Å². The monoisotopic (exact) mass is 174 g/mol. The number of rotatable bonds is 6. The van der Waals surface area contributed by atoms with E-state index in [2.05, 4.69) is 0 Å². The average Bonchev–Trinajstić information content (AvgIpc) is 1.97. The molecule has 1 atom stereocenters. The van der Waals surface area contributed by atoms with Crippen LogP contribution in [0.1, 0.15) is 40.5 Å². The Balaban J connectivity index is 3.20. The molecule has 0 saturated heterocycles. The predicted molar refractivity (Wildman–Crippen MR) is 51.2 cm³/mol. The van der Waals surface area contributed by atoms with E-state index in [0.717, 1.165) is 19.4 Å². The molecule has 0 heterocycles. The van der Waals surface area contributed by atoms with Gasteiger partial charge < -0.3 is 9.84 Å². The molecule has 0 aromatic heterocycles. The minimum Gasteiger partial charge on any atom is -0.393 e. The van der Waals surface area contributed by atoms with Crippen molar-refractivity contribution in [3.05, 3.63) is 0 Å². The molecular formula is C10H22O2. The maximum atomic E-state index is 9.44. The molecule has 1 unspecified atom stereocenters. The van der Waals surface area contributed by atoms with E-state index in [-0.39, 0.29) is 6.10 Å². The lowest BCUT2D eigenvalue weighted by Gasteiger charge is -2.14. The Kier molecular flexibility index (Phi) is 6.39. The zero-order valence-electron chi connectivity index (χ0n) is 8.71. The van der Waals surface area contributed by atoms with Crippen molar-refractivity contribution in [2.24, 2.45) is 5.92 Å². The summed E-state index contributed by atoms with van der Waals surface area (Å²) in [5.41, 5.74) is 0. The van der Waals surface area contributed by atoms with Gasteiger partial charge in [0.25, 0.3) is 0 Å². The fraction of sp³-hybridized carbons (Fsp3) is 1.00. The van der Waals surface area contributed by atoms with Crippen molar-refractivity contribution < 1.29 is 9.84 Å². The van der Waals surface area contributed by atoms with Crippen LogP contribution in [0.3, 0.4) is 0 Å². The average molecular weight is 174 g/mol. The van der Waals surface area contributed by atoms with Gasteiger partial charge in [0, 0.05) is 6.61 Å². The summed E-state index contributed by atoms with van der Waals surface area (Å²) < 4.78 is 5.36. The van der Waals surface area contributed by atoms with Crippen molar-refractivity contribution in [1.29, 1.82) is 0 Å². The van der Waals surface area contributed by atoms with Gasteiger partial charge in [-0.1, -0.05) is 13.8 Å². The van der Waals surface area contributed by atoms with Crippen molar-refractivity contribution in [3.63, 3.8) is 0 Å². The highest BCUT2D eigenvalue weighted by Gasteiger charge is 2.07. The van der Waals surface area contributed by atoms with Crippen molar-refractivity contribution >= 4 is 0 Å². The van der Waals surface area contributed by atoms with E-state index in [9.17, 15) is 5.11 Å². The van der Waals surface area contributed by atoms with Gasteiger partial charge in [-0.15, -0.1) is 0 Å². The molecule has 74 valence electrons. The largest absolute Gasteiger partial charge is 0.393 e. The summed E-state index contributed by atoms with van der Waals surface area (Å²) in [6, 6.07) is 0. The SMILES string of the molecule is CC(C)OCCCC(O)C(C)C. The van der Waals surface area contributed by atoms with Gasteiger partial charge in [0.1, 0.15) is 0 Å². The van der Waals surface area contributed by atoms with Crippen LogP contribution in [0.2, 0.25) is 0 Å². The second kappa shape index (κ2) is 6.44. The fourth-order valence-corrected chi connectivity index (χ4v) is 0.945. The Morgan fingerprint density at radius 3 is 2.17 bits per heavy atom. The lowest BCUT2D eigenvalue weighted by Crippen LogP contribution is -2.15. The van der Waals surface area contributed by atoms with Crippen LogP contribution in [0, 0.1) is 5.92 Å². The van der Waals surface area contributed by atoms with Crippen LogP contribution < -0.4 is 0 Å². The van der Waals surface area contributed by atoms with E-state index < -0.39 is 0 Å². The molecule has 0 aliphatic carbocycles. The van der Waals surface area contributed by atoms with Crippen LogP contribution in [-0.4, -0.2) is 23.9 Å². The van der Waals surface area contributed by atoms with Gasteiger partial charge in [0.15, 0.2) is 0 Å². The van der Waals surface area contributed by atoms with Crippen LogP contribution in [-0.2, 0) is 4.74 Å². The highest BCUT2D eigenvalue weighted by atomic mass is 16.5. The third-order valence-corrected chi connectivity index (χ3v) is 1.86. The third kappa shape index (κ3) is 6.62. The molecule has 0 spiro atoms. The smallest absolute Gasteiger partial charge is 0.0564 e. The molecule has 0 bridgehead atoms. The number of hydrogen-bond acceptors (Lipinski definition) is 2. The Morgan fingerprint density at radius 2 is 1.75 bits per heavy atom. The zero-order valence-corrected chi connectivity index (χ0v) is 8.71. The van der Waals surface area contributed by atoms with Gasteiger partial charge in [-0.3, -0.25) is 0 Å². The minimum absolute atomic E-state index is 0.166. The van der Waals surface area contributed by atoms with Crippen LogP contribution in [0.4, 0.5) is 0 Å². The van der Waals surface area contributed by atoms with Crippen LogP contribution in [0.25, 0.3) is 0 Å². The molecule has 0 aromatic carbocycles. The normalized spacial score (nSPS) is 14.2. The first-order valence-corrected chi connectivity index (χ1v) is 4.83. The summed E-state index contributed by atoms with van der Waals surface area (Å²) in [7, 11) is 0. The first-order chi connectivity index (χ1) is 5.54. The van der Waals surface area contributed by atoms with Gasteiger partial charge >= 0.3 is 0 Å². The molecule has 0 radical (unpaired) electrons. The maximum Gasteiger partial charge on any atom is 0.0564 e. The first kappa shape index (κ1) is 11.9. The summed E-state index contributed by atoms with van der Waals surface area (Å²) in [4.78, 5) is 0. The molecule has 1 N–H and O–H groups in total. The molecule has 12 heavy (non-hydrogen) atoms. The minimum atomic E-state index is -0.166. The van der Waals surface area contributed by atoms with Crippen molar-refractivity contribution in [2.45, 2.75) is 52.7 Å². The number of hydrogen-bond donors (Lipinski definition) is 1. The molecule has 0 aromatic rings. The summed E-state index contributed by atoms with van der Waals surface area (Å²) in [6.07, 6.45) is 1.95. The Hall–Kier alpha value is -0.0800. The van der Waals surface area contributed by atoms with Crippen molar-refractivity contribution in [1.82, 2.24) is 0 Å². The Morgan fingerprint density at radius 1 is 1.17 bits per heavy atom. The highest BCUT2D eigenvalue weighted by Crippen LogP contribution is 2.08. The maximum absolute atomic E-state index is 9.44. The summed E-state index contributed by atoms with van der Waals surface area (Å²) in [5.74, 6) is 0.365. The molecular weight excluding hydrogens is 152 g/mol. The third-order valence-electron chi connectivity index (χ3n) is 1.86. The molecule has 0 fully saturated rings. The van der Waals surface area contributed by atoms with E-state index in [1.165, 1.54) is 0 Å². The van der Waals surface area contributed by atoms with E-state index in [1.807, 2.05) is 27.7 Å². The van der Waals surface area contributed by atoms with Gasteiger partial charge in [-0.05, 0) is 32.6 Å². The lowest BCUT2D eigenvalue weighted by atomic mass is 10.0. The summed E-state index contributed by atoms with van der Waals surface area (Å²) >= 11 is 0. The first-order valence-electron chi connectivity index (χ1n) is 4.83. The van der Waals surface area contributed by atoms with Crippen molar-refractivity contribution in [2.75, 3.05) is 6.61 Å². The van der Waals surface area contributed by atoms with Crippen LogP contribution in [0.15, 0.2) is 0 Å². The number of aliphatic hydroxyl groups excluding tert-OH is 1. The second-order valence-corrected chi connectivity index (χ2v) is 3.87. The second-order valence-electron chi connectivity index (χ2n) is 3.87. The van der Waals surface area contributed by atoms with E-state index >= 15 is 0 Å². The van der Waals surface area contributed by atoms with Gasteiger partial charge in [-0.2, -0.15) is 0 Å². The molecule has 2 nitrogen and oxygen atoms in total. The standard InChI is InChI=1S/C10H22O2/c1-8(2)10(11)6-5-7-12-9(3)4/h8-11H,5-7H2,1-4H3. The molecule has 0 saturated carbocycles. The van der Waals surface area contributed by atoms with Crippen molar-refractivity contribution in [3.8, 4) is 0 Å². The highest BCUT2D eigenvalue weighted by molar-refractivity contribution is 4.59. The Labute approximate surface area is 75.9 Å². The molecule has 0 aliphatic rings. The summed E-state index contributed by atoms with van der Waals surface area (Å²) in [6.45, 7) is 8.89. The lowest BCUT2D eigenvalue weighted by molar-refractivity contribution is 0.0569. The zero-order chi connectivity index (χ0) is 9.56. The molecule has 0 amide bonds. The molecule has 0 rings (SSSR count). The number of aliphatic hydroxyl groups is 1. The van der Waals surface area contributed by atoms with E-state index in [1.54, 1.807) is 0 Å². The van der Waals surface area contributed by atoms with Crippen LogP contribution in [0.5, 0.6) is 0 Å². The van der Waals surface area contributed by atoms with Crippen LogP contribution >= 0.6 is 0 Å². The molecule has 2 heteroatoms. The fourth-order valence-electron chi connectivity index (χ4n) is 0.945. The quantitative estimate of drug-likeness (QED) is 0.626. The summed E-state index contributed by atoms with van der Waals surface area (Å²) in [5, 5.41) is 9.44. The van der Waals surface area contributed by atoms with Gasteiger partial charge in [0.2, 0.25) is 0 Å². The van der Waals surface area contributed by atoms with Gasteiger partial charge in [0.05, 0.1) is 12.2 Å². The Bertz CT molecular complexity index is 100. The van der Waals surface area contributed by atoms with Gasteiger partial charge in [-0.25, -0.2) is 0 Å². The number of ether oxygens (including phenoxy) is 1. The van der Waals surface area contributed by atoms with E-state index in [4.69, 9.17) is 4.74 Å². The molecule has 0 aliphatic heterocycles. The van der Waals surface area contributed by atoms with E-state index in [0.29, 0.717) is 12.0 Å². The predicted octanol–water partition coefficient (Wildman–Crippen LogP) is 2.21.